The van der Waals surface area contributed by atoms with Crippen LogP contribution in [0, 0.1) is 0 Å². The van der Waals surface area contributed by atoms with Gasteiger partial charge in [-0.25, -0.2) is 0 Å². The van der Waals surface area contributed by atoms with Gasteiger partial charge in [-0.05, 0) is 100 Å². The fraction of sp³-hybridized carbons (Fsp3) is 0.0400. The molecule has 0 radical (unpaired) electrons. The summed E-state index contributed by atoms with van der Waals surface area (Å²) in [5.74, 6) is 0. The van der Waals surface area contributed by atoms with E-state index in [1.54, 1.807) is 0 Å². The molecular formula is C50H33NOS. The van der Waals surface area contributed by atoms with Crippen molar-refractivity contribution >= 4 is 70.5 Å². The zero-order valence-corrected chi connectivity index (χ0v) is 29.9. The van der Waals surface area contributed by atoms with E-state index < -0.39 is 0 Å². The molecule has 2 heterocycles. The number of hydrogen-bond donors (Lipinski definition) is 0. The lowest BCUT2D eigenvalue weighted by Gasteiger charge is -2.28. The molecule has 0 saturated carbocycles. The molecule has 1 aliphatic rings. The molecule has 53 heavy (non-hydrogen) atoms. The summed E-state index contributed by atoms with van der Waals surface area (Å²) in [6, 6.07) is 66.1. The van der Waals surface area contributed by atoms with Gasteiger partial charge in [0.2, 0.25) is 0 Å². The predicted molar refractivity (Wildman–Crippen MR) is 224 cm³/mol. The van der Waals surface area contributed by atoms with Crippen LogP contribution in [0.4, 0.5) is 17.1 Å². The van der Waals surface area contributed by atoms with Crippen molar-refractivity contribution in [2.75, 3.05) is 4.90 Å². The normalized spacial score (nSPS) is 13.2. The maximum absolute atomic E-state index is 6.70. The third-order valence-electron chi connectivity index (χ3n) is 11.4. The molecule has 1 aliphatic carbocycles. The van der Waals surface area contributed by atoms with Gasteiger partial charge in [-0.15, -0.1) is 11.3 Å². The molecule has 250 valence electrons. The summed E-state index contributed by atoms with van der Waals surface area (Å²) >= 11 is 1.85. The third kappa shape index (κ3) is 4.51. The highest BCUT2D eigenvalue weighted by molar-refractivity contribution is 7.26. The second-order valence-corrected chi connectivity index (χ2v) is 15.3. The largest absolute Gasteiger partial charge is 0.456 e. The number of furan rings is 1. The molecule has 2 nitrogen and oxygen atoms in total. The Kier molecular flexibility index (Phi) is 6.58. The molecule has 0 saturated heterocycles. The first-order chi connectivity index (χ1) is 26.1. The highest BCUT2D eigenvalue weighted by Gasteiger charge is 2.40. The van der Waals surface area contributed by atoms with Crippen molar-refractivity contribution in [3.8, 4) is 22.3 Å². The lowest BCUT2D eigenvalue weighted by atomic mass is 9.74. The Morgan fingerprint density at radius 2 is 1.13 bits per heavy atom. The van der Waals surface area contributed by atoms with Crippen LogP contribution in [0.1, 0.15) is 23.6 Å². The molecule has 0 unspecified atom stereocenters. The van der Waals surface area contributed by atoms with Gasteiger partial charge >= 0.3 is 0 Å². The molecule has 3 heteroatoms. The van der Waals surface area contributed by atoms with Crippen LogP contribution in [0.5, 0.6) is 0 Å². The fourth-order valence-electron chi connectivity index (χ4n) is 8.78. The van der Waals surface area contributed by atoms with Crippen molar-refractivity contribution < 1.29 is 4.42 Å². The third-order valence-corrected chi connectivity index (χ3v) is 12.5. The number of rotatable bonds is 5. The highest BCUT2D eigenvalue weighted by atomic mass is 32.1. The van der Waals surface area contributed by atoms with Crippen LogP contribution in [0.25, 0.3) is 64.4 Å². The van der Waals surface area contributed by atoms with Gasteiger partial charge in [0.15, 0.2) is 0 Å². The minimum absolute atomic E-state index is 0.268. The number of benzene rings is 8. The molecule has 0 amide bonds. The van der Waals surface area contributed by atoms with E-state index in [4.69, 9.17) is 4.42 Å². The molecular weight excluding hydrogens is 663 g/mol. The highest BCUT2D eigenvalue weighted by Crippen LogP contribution is 2.53. The molecule has 0 fully saturated rings. The van der Waals surface area contributed by atoms with Crippen LogP contribution in [-0.4, -0.2) is 0 Å². The van der Waals surface area contributed by atoms with E-state index in [0.29, 0.717) is 0 Å². The summed E-state index contributed by atoms with van der Waals surface area (Å²) in [6.07, 6.45) is 0. The fourth-order valence-corrected chi connectivity index (χ4v) is 9.91. The predicted octanol–water partition coefficient (Wildman–Crippen LogP) is 14.4. The first-order valence-corrected chi connectivity index (χ1v) is 19.0. The smallest absolute Gasteiger partial charge is 0.137 e. The maximum atomic E-state index is 6.70. The average molecular weight is 696 g/mol. The zero-order valence-electron chi connectivity index (χ0n) is 29.1. The Morgan fingerprint density at radius 3 is 1.92 bits per heavy atom. The molecule has 2 aromatic heterocycles. The van der Waals surface area contributed by atoms with E-state index in [-0.39, 0.29) is 5.41 Å². The zero-order chi connectivity index (χ0) is 35.1. The van der Waals surface area contributed by atoms with Crippen molar-refractivity contribution in [2.45, 2.75) is 12.3 Å². The Morgan fingerprint density at radius 1 is 0.472 bits per heavy atom. The van der Waals surface area contributed by atoms with Crippen LogP contribution in [0.2, 0.25) is 0 Å². The SMILES string of the molecule is CC1(c2ccc3oc4cc(N(c5ccc(-c6ccccc6)cc5)c5cccc6sc7ccccc7c56)ccc4c3c2)c2ccccc2-c2ccccc21. The van der Waals surface area contributed by atoms with Gasteiger partial charge in [0.05, 0.1) is 5.69 Å². The number of anilines is 3. The van der Waals surface area contributed by atoms with Crippen LogP contribution >= 0.6 is 11.3 Å². The van der Waals surface area contributed by atoms with Gasteiger partial charge in [-0.2, -0.15) is 0 Å². The van der Waals surface area contributed by atoms with E-state index in [1.807, 2.05) is 11.3 Å². The first kappa shape index (κ1) is 30.2. The standard InChI is InChI=1S/C50H33NOS/c1-50(42-17-8-5-14-37(42)38-15-6-9-18-43(38)50)34-24-29-45-41(30-34)39-28-27-36(31-46(39)52-45)51(35-25-22-33(23-26-35)32-12-3-2-4-13-32)44-19-11-21-48-49(44)40-16-7-10-20-47(40)53-48/h2-31H,1H3. The Balaban J connectivity index is 1.08. The molecule has 0 N–H and O–H groups in total. The molecule has 11 rings (SSSR count). The lowest BCUT2D eigenvalue weighted by molar-refractivity contribution is 0.667. The molecule has 0 spiro atoms. The molecule has 10 aromatic rings. The van der Waals surface area contributed by atoms with Gasteiger partial charge in [-0.3, -0.25) is 0 Å². The molecule has 8 aromatic carbocycles. The van der Waals surface area contributed by atoms with Gasteiger partial charge in [0, 0.05) is 53.8 Å². The van der Waals surface area contributed by atoms with Gasteiger partial charge in [0.25, 0.3) is 0 Å². The molecule has 0 atom stereocenters. The summed E-state index contributed by atoms with van der Waals surface area (Å²) in [5, 5.41) is 4.79. The second-order valence-electron chi connectivity index (χ2n) is 14.2. The van der Waals surface area contributed by atoms with Crippen LogP contribution in [0.15, 0.2) is 186 Å². The van der Waals surface area contributed by atoms with Crippen molar-refractivity contribution in [1.29, 1.82) is 0 Å². The van der Waals surface area contributed by atoms with E-state index in [2.05, 4.69) is 194 Å². The van der Waals surface area contributed by atoms with E-state index in [0.717, 1.165) is 39.0 Å². The molecule has 0 aliphatic heterocycles. The van der Waals surface area contributed by atoms with Crippen molar-refractivity contribution in [3.05, 3.63) is 199 Å². The second kappa shape index (κ2) is 11.5. The molecule has 0 bridgehead atoms. The summed E-state index contributed by atoms with van der Waals surface area (Å²) in [4.78, 5) is 2.39. The lowest BCUT2D eigenvalue weighted by Crippen LogP contribution is -2.22. The van der Waals surface area contributed by atoms with Gasteiger partial charge < -0.3 is 9.32 Å². The monoisotopic (exact) mass is 695 g/mol. The van der Waals surface area contributed by atoms with Crippen molar-refractivity contribution in [2.24, 2.45) is 0 Å². The van der Waals surface area contributed by atoms with E-state index >= 15 is 0 Å². The van der Waals surface area contributed by atoms with Crippen LogP contribution in [-0.2, 0) is 5.41 Å². The van der Waals surface area contributed by atoms with Crippen molar-refractivity contribution in [3.63, 3.8) is 0 Å². The summed E-state index contributed by atoms with van der Waals surface area (Å²) < 4.78 is 9.26. The topological polar surface area (TPSA) is 16.4 Å². The number of nitrogens with zero attached hydrogens (tertiary/aromatic N) is 1. The number of thiophene rings is 1. The van der Waals surface area contributed by atoms with Crippen LogP contribution in [0.3, 0.4) is 0 Å². The minimum Gasteiger partial charge on any atom is -0.456 e. The van der Waals surface area contributed by atoms with Crippen LogP contribution < -0.4 is 4.90 Å². The van der Waals surface area contributed by atoms with Gasteiger partial charge in [-0.1, -0.05) is 121 Å². The summed E-state index contributed by atoms with van der Waals surface area (Å²) in [6.45, 7) is 2.37. The van der Waals surface area contributed by atoms with E-state index in [9.17, 15) is 0 Å². The van der Waals surface area contributed by atoms with E-state index in [1.165, 1.54) is 59.1 Å². The van der Waals surface area contributed by atoms with Gasteiger partial charge in [0.1, 0.15) is 11.2 Å². The number of fused-ring (bicyclic) bond motifs is 9. The summed E-state index contributed by atoms with van der Waals surface area (Å²) in [5.41, 5.74) is 13.8. The summed E-state index contributed by atoms with van der Waals surface area (Å²) in [7, 11) is 0. The average Bonchev–Trinajstić information content (AvgIpc) is 3.87. The quantitative estimate of drug-likeness (QED) is 0.178. The van der Waals surface area contributed by atoms with Crippen molar-refractivity contribution in [1.82, 2.24) is 0 Å². The Labute approximate surface area is 311 Å². The Hall–Kier alpha value is -6.42. The Bertz CT molecular complexity index is 2980. The minimum atomic E-state index is -0.268. The maximum Gasteiger partial charge on any atom is 0.137 e. The first-order valence-electron chi connectivity index (χ1n) is 18.2. The number of hydrogen-bond acceptors (Lipinski definition) is 3.